The summed E-state index contributed by atoms with van der Waals surface area (Å²) < 4.78 is 5.52. The molecule has 2 aromatic rings. The topological polar surface area (TPSA) is 9.23 Å². The number of benzene rings is 2. The van der Waals surface area contributed by atoms with Crippen LogP contribution in [0.1, 0.15) is 49.4 Å². The molecule has 112 valence electrons. The highest BCUT2D eigenvalue weighted by Crippen LogP contribution is 2.51. The molecule has 1 fully saturated rings. The lowest BCUT2D eigenvalue weighted by Crippen LogP contribution is -2.25. The standard InChI is InChI=1S/C19H23BrO/c1-19(12-6-3-7-13-19)18(20)16-10-11-17(21-2)15-9-5-4-8-14(15)16/h4-5,8-11,18H,3,6-7,12-13H2,1-2H3. The van der Waals surface area contributed by atoms with E-state index >= 15 is 0 Å². The summed E-state index contributed by atoms with van der Waals surface area (Å²) >= 11 is 4.03. The summed E-state index contributed by atoms with van der Waals surface area (Å²) in [6.45, 7) is 2.44. The summed E-state index contributed by atoms with van der Waals surface area (Å²) in [5.74, 6) is 0.961. The van der Waals surface area contributed by atoms with Gasteiger partial charge in [0.25, 0.3) is 0 Å². The first-order valence-electron chi connectivity index (χ1n) is 7.85. The molecule has 1 saturated carbocycles. The van der Waals surface area contributed by atoms with E-state index in [0.29, 0.717) is 10.2 Å². The molecule has 0 heterocycles. The third-order valence-corrected chi connectivity index (χ3v) is 6.62. The SMILES string of the molecule is COc1ccc(C(Br)C2(C)CCCCC2)c2ccccc12. The van der Waals surface area contributed by atoms with Gasteiger partial charge in [-0.15, -0.1) is 0 Å². The van der Waals surface area contributed by atoms with E-state index < -0.39 is 0 Å². The van der Waals surface area contributed by atoms with Crippen molar-refractivity contribution in [2.75, 3.05) is 7.11 Å². The lowest BCUT2D eigenvalue weighted by atomic mass is 9.71. The van der Waals surface area contributed by atoms with Crippen LogP contribution in [-0.2, 0) is 0 Å². The van der Waals surface area contributed by atoms with E-state index in [1.165, 1.54) is 48.4 Å². The van der Waals surface area contributed by atoms with Gasteiger partial charge in [0, 0.05) is 10.2 Å². The maximum atomic E-state index is 5.52. The molecule has 0 radical (unpaired) electrons. The van der Waals surface area contributed by atoms with Gasteiger partial charge in [0.05, 0.1) is 7.11 Å². The van der Waals surface area contributed by atoms with Crippen LogP contribution >= 0.6 is 15.9 Å². The zero-order valence-corrected chi connectivity index (χ0v) is 14.4. The number of ether oxygens (including phenoxy) is 1. The van der Waals surface area contributed by atoms with Crippen molar-refractivity contribution in [1.82, 2.24) is 0 Å². The molecule has 1 unspecified atom stereocenters. The van der Waals surface area contributed by atoms with Crippen LogP contribution in [-0.4, -0.2) is 7.11 Å². The number of rotatable bonds is 3. The molecule has 0 aliphatic heterocycles. The normalized spacial score (nSPS) is 19.4. The number of methoxy groups -OCH3 is 1. The molecule has 0 saturated heterocycles. The van der Waals surface area contributed by atoms with Gasteiger partial charge in [-0.2, -0.15) is 0 Å². The maximum absolute atomic E-state index is 5.52. The molecule has 0 aromatic heterocycles. The van der Waals surface area contributed by atoms with Gasteiger partial charge in [0.15, 0.2) is 0 Å². The fourth-order valence-electron chi connectivity index (χ4n) is 3.68. The summed E-state index contributed by atoms with van der Waals surface area (Å²) in [5, 5.41) is 2.52. The van der Waals surface area contributed by atoms with E-state index in [-0.39, 0.29) is 0 Å². The van der Waals surface area contributed by atoms with Crippen molar-refractivity contribution in [2.24, 2.45) is 5.41 Å². The molecule has 1 nitrogen and oxygen atoms in total. The lowest BCUT2D eigenvalue weighted by Gasteiger charge is -2.38. The van der Waals surface area contributed by atoms with E-state index in [1.807, 2.05) is 0 Å². The van der Waals surface area contributed by atoms with E-state index in [0.717, 1.165) is 5.75 Å². The highest BCUT2D eigenvalue weighted by atomic mass is 79.9. The summed E-state index contributed by atoms with van der Waals surface area (Å²) in [6, 6.07) is 12.9. The van der Waals surface area contributed by atoms with Crippen LogP contribution in [0.3, 0.4) is 0 Å². The summed E-state index contributed by atoms with van der Waals surface area (Å²) in [6.07, 6.45) is 6.71. The lowest BCUT2D eigenvalue weighted by molar-refractivity contribution is 0.213. The highest BCUT2D eigenvalue weighted by molar-refractivity contribution is 9.09. The predicted octanol–water partition coefficient (Wildman–Crippen LogP) is 6.25. The molecular formula is C19H23BrO. The number of halogens is 1. The van der Waals surface area contributed by atoms with Gasteiger partial charge in [-0.05, 0) is 35.3 Å². The fourth-order valence-corrected chi connectivity index (χ4v) is 4.54. The van der Waals surface area contributed by atoms with Gasteiger partial charge >= 0.3 is 0 Å². The average molecular weight is 347 g/mol. The third kappa shape index (κ3) is 2.70. The smallest absolute Gasteiger partial charge is 0.126 e. The second-order valence-corrected chi connectivity index (χ2v) is 7.40. The molecule has 1 aliphatic rings. The van der Waals surface area contributed by atoms with Crippen LogP contribution in [0, 0.1) is 5.41 Å². The molecular weight excluding hydrogens is 324 g/mol. The molecule has 0 spiro atoms. The Morgan fingerprint density at radius 1 is 1.00 bits per heavy atom. The Kier molecular flexibility index (Phi) is 4.26. The predicted molar refractivity (Wildman–Crippen MR) is 93.4 cm³/mol. The average Bonchev–Trinajstić information content (AvgIpc) is 2.54. The minimum absolute atomic E-state index is 0.357. The number of fused-ring (bicyclic) bond motifs is 1. The van der Waals surface area contributed by atoms with Gasteiger partial charge in [-0.1, -0.05) is 72.4 Å². The minimum atomic E-state index is 0.357. The zero-order chi connectivity index (χ0) is 14.9. The van der Waals surface area contributed by atoms with Crippen LogP contribution < -0.4 is 4.74 Å². The Morgan fingerprint density at radius 3 is 2.33 bits per heavy atom. The number of alkyl halides is 1. The van der Waals surface area contributed by atoms with Crippen molar-refractivity contribution >= 4 is 26.7 Å². The van der Waals surface area contributed by atoms with Crippen molar-refractivity contribution in [3.05, 3.63) is 42.0 Å². The van der Waals surface area contributed by atoms with Crippen molar-refractivity contribution in [3.8, 4) is 5.75 Å². The third-order valence-electron chi connectivity index (χ3n) is 5.02. The van der Waals surface area contributed by atoms with Crippen LogP contribution in [0.25, 0.3) is 10.8 Å². The van der Waals surface area contributed by atoms with Crippen LogP contribution in [0.2, 0.25) is 0 Å². The molecule has 1 atom stereocenters. The Balaban J connectivity index is 2.08. The first-order valence-corrected chi connectivity index (χ1v) is 8.77. The van der Waals surface area contributed by atoms with Crippen molar-refractivity contribution in [2.45, 2.75) is 43.9 Å². The van der Waals surface area contributed by atoms with Crippen LogP contribution in [0.15, 0.2) is 36.4 Å². The Bertz CT molecular complexity index is 628. The summed E-state index contributed by atoms with van der Waals surface area (Å²) in [4.78, 5) is 0.404. The molecule has 0 bridgehead atoms. The number of hydrogen-bond acceptors (Lipinski definition) is 1. The van der Waals surface area contributed by atoms with Gasteiger partial charge in [0.2, 0.25) is 0 Å². The fraction of sp³-hybridized carbons (Fsp3) is 0.474. The highest BCUT2D eigenvalue weighted by Gasteiger charge is 2.35. The van der Waals surface area contributed by atoms with E-state index in [9.17, 15) is 0 Å². The van der Waals surface area contributed by atoms with Crippen molar-refractivity contribution in [1.29, 1.82) is 0 Å². The molecule has 21 heavy (non-hydrogen) atoms. The van der Waals surface area contributed by atoms with Crippen LogP contribution in [0.5, 0.6) is 5.75 Å². The molecule has 2 heteroatoms. The maximum Gasteiger partial charge on any atom is 0.126 e. The van der Waals surface area contributed by atoms with Gasteiger partial charge in [-0.3, -0.25) is 0 Å². The van der Waals surface area contributed by atoms with E-state index in [2.05, 4.69) is 59.3 Å². The quantitative estimate of drug-likeness (QED) is 0.596. The van der Waals surface area contributed by atoms with Gasteiger partial charge in [0.1, 0.15) is 5.75 Å². The molecule has 1 aliphatic carbocycles. The number of hydrogen-bond donors (Lipinski definition) is 0. The second kappa shape index (κ2) is 6.00. The molecule has 3 rings (SSSR count). The first kappa shape index (κ1) is 14.9. The van der Waals surface area contributed by atoms with E-state index in [1.54, 1.807) is 7.11 Å². The molecule has 2 aromatic carbocycles. The first-order chi connectivity index (χ1) is 10.2. The largest absolute Gasteiger partial charge is 0.496 e. The summed E-state index contributed by atoms with van der Waals surface area (Å²) in [7, 11) is 1.75. The van der Waals surface area contributed by atoms with Crippen LogP contribution in [0.4, 0.5) is 0 Å². The van der Waals surface area contributed by atoms with Crippen molar-refractivity contribution < 1.29 is 4.74 Å². The minimum Gasteiger partial charge on any atom is -0.496 e. The zero-order valence-electron chi connectivity index (χ0n) is 12.9. The van der Waals surface area contributed by atoms with Crippen molar-refractivity contribution in [3.63, 3.8) is 0 Å². The Morgan fingerprint density at radius 2 is 1.67 bits per heavy atom. The van der Waals surface area contributed by atoms with E-state index in [4.69, 9.17) is 4.74 Å². The second-order valence-electron chi connectivity index (χ2n) is 6.48. The Labute approximate surface area is 135 Å². The molecule has 0 N–H and O–H groups in total. The summed E-state index contributed by atoms with van der Waals surface area (Å²) in [5.41, 5.74) is 1.76. The Hall–Kier alpha value is -1.02. The van der Waals surface area contributed by atoms with Gasteiger partial charge < -0.3 is 4.74 Å². The molecule has 0 amide bonds. The van der Waals surface area contributed by atoms with Gasteiger partial charge in [-0.25, -0.2) is 0 Å². The monoisotopic (exact) mass is 346 g/mol.